The van der Waals surface area contributed by atoms with E-state index in [0.29, 0.717) is 28.2 Å². The van der Waals surface area contributed by atoms with Gasteiger partial charge in [0.25, 0.3) is 0 Å². The molecule has 160 valence electrons. The predicted molar refractivity (Wildman–Crippen MR) is 120 cm³/mol. The third-order valence-electron chi connectivity index (χ3n) is 4.68. The number of benzene rings is 2. The molecule has 1 heterocycles. The van der Waals surface area contributed by atoms with Crippen molar-refractivity contribution in [2.24, 2.45) is 0 Å². The summed E-state index contributed by atoms with van der Waals surface area (Å²) in [6.45, 7) is 1.43. The van der Waals surface area contributed by atoms with Crippen LogP contribution in [0.5, 0.6) is 5.75 Å². The molecule has 8 nitrogen and oxygen atoms in total. The van der Waals surface area contributed by atoms with Gasteiger partial charge in [-0.1, -0.05) is 30.0 Å². The van der Waals surface area contributed by atoms with Crippen LogP contribution in [0.3, 0.4) is 0 Å². The molecule has 31 heavy (non-hydrogen) atoms. The van der Waals surface area contributed by atoms with Crippen LogP contribution >= 0.6 is 11.8 Å². The van der Waals surface area contributed by atoms with Crippen LogP contribution in [0.4, 0.5) is 11.4 Å². The Kier molecular flexibility index (Phi) is 6.22. The first-order valence-electron chi connectivity index (χ1n) is 9.94. The Hall–Kier alpha value is -3.33. The van der Waals surface area contributed by atoms with Crippen molar-refractivity contribution in [3.63, 3.8) is 0 Å². The highest BCUT2D eigenvalue weighted by atomic mass is 32.2. The van der Waals surface area contributed by atoms with Crippen LogP contribution in [0.2, 0.25) is 0 Å². The summed E-state index contributed by atoms with van der Waals surface area (Å²) in [6.07, 6.45) is 2.22. The molecule has 0 aliphatic heterocycles. The molecule has 2 aromatic carbocycles. The maximum Gasteiger partial charge on any atom is 0.234 e. The van der Waals surface area contributed by atoms with E-state index in [0.717, 1.165) is 24.4 Å². The molecule has 0 unspecified atom stereocenters. The van der Waals surface area contributed by atoms with Gasteiger partial charge in [-0.05, 0) is 43.2 Å². The van der Waals surface area contributed by atoms with Gasteiger partial charge in [0, 0.05) is 18.5 Å². The van der Waals surface area contributed by atoms with Gasteiger partial charge in [0.2, 0.25) is 17.0 Å². The molecule has 0 atom stereocenters. The number of carbonyl (C=O) groups excluding carboxylic acids is 2. The van der Waals surface area contributed by atoms with Crippen molar-refractivity contribution < 1.29 is 14.3 Å². The number of para-hydroxylation sites is 1. The maximum atomic E-state index is 12.6. The number of hydrogen-bond donors (Lipinski definition) is 2. The second-order valence-corrected chi connectivity index (χ2v) is 8.15. The number of hydrogen-bond acceptors (Lipinski definition) is 6. The molecule has 3 aromatic rings. The maximum absolute atomic E-state index is 12.6. The lowest BCUT2D eigenvalue weighted by molar-refractivity contribution is -0.114. The summed E-state index contributed by atoms with van der Waals surface area (Å²) in [4.78, 5) is 28.5. The highest BCUT2D eigenvalue weighted by Gasteiger charge is 2.30. The van der Waals surface area contributed by atoms with E-state index in [9.17, 15) is 9.59 Å². The zero-order valence-corrected chi connectivity index (χ0v) is 18.1. The SMILES string of the molecule is COc1ccc(NC(C)=O)cc1NC(=O)CSc1nc(C2CC2)n(-c2ccccc2)n1. The van der Waals surface area contributed by atoms with Crippen molar-refractivity contribution in [1.82, 2.24) is 14.8 Å². The van der Waals surface area contributed by atoms with Crippen LogP contribution in [0.25, 0.3) is 5.69 Å². The lowest BCUT2D eigenvalue weighted by Crippen LogP contribution is -2.15. The third-order valence-corrected chi connectivity index (χ3v) is 5.52. The smallest absolute Gasteiger partial charge is 0.234 e. The van der Waals surface area contributed by atoms with Gasteiger partial charge in [0.15, 0.2) is 0 Å². The number of amides is 2. The van der Waals surface area contributed by atoms with E-state index in [1.165, 1.54) is 25.8 Å². The number of nitrogens with zero attached hydrogens (tertiary/aromatic N) is 3. The van der Waals surface area contributed by atoms with E-state index in [2.05, 4.69) is 20.7 Å². The van der Waals surface area contributed by atoms with Crippen LogP contribution in [-0.4, -0.2) is 39.4 Å². The highest BCUT2D eigenvalue weighted by Crippen LogP contribution is 2.40. The zero-order chi connectivity index (χ0) is 21.8. The van der Waals surface area contributed by atoms with Crippen molar-refractivity contribution in [3.05, 3.63) is 54.4 Å². The van der Waals surface area contributed by atoms with Crippen molar-refractivity contribution in [1.29, 1.82) is 0 Å². The summed E-state index contributed by atoms with van der Waals surface area (Å²) in [5, 5.41) is 10.7. The van der Waals surface area contributed by atoms with Crippen molar-refractivity contribution in [2.75, 3.05) is 23.5 Å². The molecule has 0 radical (unpaired) electrons. The largest absolute Gasteiger partial charge is 0.495 e. The summed E-state index contributed by atoms with van der Waals surface area (Å²) in [5.74, 6) is 1.62. The fraction of sp³-hybridized carbons (Fsp3) is 0.273. The van der Waals surface area contributed by atoms with Gasteiger partial charge in [-0.3, -0.25) is 9.59 Å². The van der Waals surface area contributed by atoms with E-state index < -0.39 is 0 Å². The fourth-order valence-corrected chi connectivity index (χ4v) is 3.76. The summed E-state index contributed by atoms with van der Waals surface area (Å²) >= 11 is 1.29. The number of anilines is 2. The average Bonchev–Trinajstić information content (AvgIpc) is 3.52. The molecule has 9 heteroatoms. The van der Waals surface area contributed by atoms with Crippen LogP contribution in [0.15, 0.2) is 53.7 Å². The molecule has 1 aliphatic rings. The highest BCUT2D eigenvalue weighted by molar-refractivity contribution is 7.99. The first-order chi connectivity index (χ1) is 15.0. The normalized spacial score (nSPS) is 13.0. The summed E-state index contributed by atoms with van der Waals surface area (Å²) in [7, 11) is 1.53. The molecule has 1 saturated carbocycles. The van der Waals surface area contributed by atoms with Crippen molar-refractivity contribution >= 4 is 35.0 Å². The number of methoxy groups -OCH3 is 1. The second kappa shape index (κ2) is 9.22. The van der Waals surface area contributed by atoms with Gasteiger partial charge in [-0.15, -0.1) is 5.10 Å². The number of aromatic nitrogens is 3. The minimum atomic E-state index is -0.215. The summed E-state index contributed by atoms with van der Waals surface area (Å²) in [6, 6.07) is 15.0. The zero-order valence-electron chi connectivity index (χ0n) is 17.3. The van der Waals surface area contributed by atoms with Gasteiger partial charge in [-0.2, -0.15) is 0 Å². The molecule has 0 spiro atoms. The van der Waals surface area contributed by atoms with Crippen molar-refractivity contribution in [3.8, 4) is 11.4 Å². The molecule has 4 rings (SSSR count). The minimum absolute atomic E-state index is 0.149. The molecular weight excluding hydrogens is 414 g/mol. The molecular formula is C22H23N5O3S. The number of ether oxygens (including phenoxy) is 1. The Morgan fingerprint density at radius 3 is 2.61 bits per heavy atom. The predicted octanol–water partition coefficient (Wildman–Crippen LogP) is 3.84. The Morgan fingerprint density at radius 2 is 1.94 bits per heavy atom. The molecule has 2 amide bonds. The van der Waals surface area contributed by atoms with Gasteiger partial charge in [0.1, 0.15) is 11.6 Å². The molecule has 1 aromatic heterocycles. The van der Waals surface area contributed by atoms with E-state index in [4.69, 9.17) is 4.74 Å². The molecule has 2 N–H and O–H groups in total. The average molecular weight is 438 g/mol. The van der Waals surface area contributed by atoms with Gasteiger partial charge in [0.05, 0.1) is 24.2 Å². The molecule has 1 aliphatic carbocycles. The number of carbonyl (C=O) groups is 2. The standard InChI is InChI=1S/C22H23N5O3S/c1-14(28)23-16-10-11-19(30-2)18(12-16)24-20(29)13-31-22-25-21(15-8-9-15)27(26-22)17-6-4-3-5-7-17/h3-7,10-12,15H,8-9,13H2,1-2H3,(H,23,28)(H,24,29). The minimum Gasteiger partial charge on any atom is -0.495 e. The lowest BCUT2D eigenvalue weighted by Gasteiger charge is -2.12. The number of thioether (sulfide) groups is 1. The summed E-state index contributed by atoms with van der Waals surface area (Å²) < 4.78 is 7.18. The van der Waals surface area contributed by atoms with Crippen molar-refractivity contribution in [2.45, 2.75) is 30.8 Å². The quantitative estimate of drug-likeness (QED) is 0.520. The second-order valence-electron chi connectivity index (χ2n) is 7.21. The molecule has 1 fully saturated rings. The van der Waals surface area contributed by atoms with E-state index in [1.54, 1.807) is 18.2 Å². The van der Waals surface area contributed by atoms with Crippen LogP contribution < -0.4 is 15.4 Å². The van der Waals surface area contributed by atoms with Gasteiger partial charge in [-0.25, -0.2) is 9.67 Å². The monoisotopic (exact) mass is 437 g/mol. The first kappa shape index (κ1) is 20.9. The van der Waals surface area contributed by atoms with Crippen LogP contribution in [0, 0.1) is 0 Å². The van der Waals surface area contributed by atoms with E-state index in [1.807, 2.05) is 35.0 Å². The Morgan fingerprint density at radius 1 is 1.16 bits per heavy atom. The topological polar surface area (TPSA) is 98.1 Å². The Labute approximate surface area is 184 Å². The Bertz CT molecular complexity index is 1100. The first-order valence-corrected chi connectivity index (χ1v) is 10.9. The van der Waals surface area contributed by atoms with Gasteiger partial charge < -0.3 is 15.4 Å². The lowest BCUT2D eigenvalue weighted by atomic mass is 10.2. The fourth-order valence-electron chi connectivity index (χ4n) is 3.13. The van der Waals surface area contributed by atoms with Crippen LogP contribution in [0.1, 0.15) is 31.5 Å². The van der Waals surface area contributed by atoms with E-state index >= 15 is 0 Å². The van der Waals surface area contributed by atoms with Gasteiger partial charge >= 0.3 is 0 Å². The molecule has 0 bridgehead atoms. The van der Waals surface area contributed by atoms with E-state index in [-0.39, 0.29) is 17.6 Å². The third kappa shape index (κ3) is 5.24. The number of rotatable bonds is 8. The summed E-state index contributed by atoms with van der Waals surface area (Å²) in [5.41, 5.74) is 2.03. The molecule has 0 saturated heterocycles. The Balaban J connectivity index is 1.44. The van der Waals surface area contributed by atoms with Crippen LogP contribution in [-0.2, 0) is 9.59 Å². The number of nitrogens with one attached hydrogen (secondary N) is 2.